The van der Waals surface area contributed by atoms with Crippen molar-refractivity contribution in [2.75, 3.05) is 13.2 Å². The molecule has 3 amide bonds. The molecule has 5 rings (SSSR count). The second-order valence-electron chi connectivity index (χ2n) is 8.34. The lowest BCUT2D eigenvalue weighted by atomic mass is 9.84. The summed E-state index contributed by atoms with van der Waals surface area (Å²) >= 11 is 6.00. The standard InChI is InChI=1S/C25H22ClN3O4/c1-15-13-19(16(2)29(15)18-9-7-17(26)8-10-18)21(30)14-28-23(31)25(27-24(28)32)11-12-33-22-6-4-3-5-20(22)25/h3-10,13H,11-12,14H2,1-2H3,(H,27,32). The molecule has 1 N–H and O–H groups in total. The maximum Gasteiger partial charge on any atom is 0.325 e. The summed E-state index contributed by atoms with van der Waals surface area (Å²) in [5, 5.41) is 3.46. The molecule has 2 aliphatic heterocycles. The molecule has 168 valence electrons. The molecule has 8 heteroatoms. The quantitative estimate of drug-likeness (QED) is 0.465. The van der Waals surface area contributed by atoms with Crippen LogP contribution in [0.3, 0.4) is 0 Å². The van der Waals surface area contributed by atoms with Gasteiger partial charge in [-0.2, -0.15) is 0 Å². The number of carbonyl (C=O) groups excluding carboxylic acids is 3. The zero-order valence-electron chi connectivity index (χ0n) is 18.2. The van der Waals surface area contributed by atoms with Crippen LogP contribution in [0, 0.1) is 13.8 Å². The lowest BCUT2D eigenvalue weighted by molar-refractivity contribution is -0.132. The molecule has 3 heterocycles. The summed E-state index contributed by atoms with van der Waals surface area (Å²) in [6.45, 7) is 3.71. The minimum Gasteiger partial charge on any atom is -0.493 e. The second-order valence-corrected chi connectivity index (χ2v) is 8.78. The lowest BCUT2D eigenvalue weighted by Crippen LogP contribution is -2.47. The molecule has 33 heavy (non-hydrogen) atoms. The number of aryl methyl sites for hydroxylation is 1. The van der Waals surface area contributed by atoms with Crippen LogP contribution < -0.4 is 10.1 Å². The number of rotatable bonds is 4. The van der Waals surface area contributed by atoms with Crippen molar-refractivity contribution >= 4 is 29.3 Å². The van der Waals surface area contributed by atoms with Gasteiger partial charge in [-0.3, -0.25) is 14.5 Å². The molecular formula is C25H22ClN3O4. The first-order valence-corrected chi connectivity index (χ1v) is 11.0. The molecular weight excluding hydrogens is 442 g/mol. The fourth-order valence-electron chi connectivity index (χ4n) is 4.78. The zero-order chi connectivity index (χ0) is 23.3. The van der Waals surface area contributed by atoms with Crippen LogP contribution in [0.25, 0.3) is 5.69 Å². The largest absolute Gasteiger partial charge is 0.493 e. The van der Waals surface area contributed by atoms with Gasteiger partial charge in [0.2, 0.25) is 0 Å². The predicted molar refractivity (Wildman–Crippen MR) is 123 cm³/mol. The van der Waals surface area contributed by atoms with Crippen molar-refractivity contribution in [1.82, 2.24) is 14.8 Å². The van der Waals surface area contributed by atoms with Crippen molar-refractivity contribution in [3.63, 3.8) is 0 Å². The SMILES string of the molecule is Cc1cc(C(=O)CN2C(=O)NC3(CCOc4ccccc43)C2=O)c(C)n1-c1ccc(Cl)cc1. The zero-order valence-corrected chi connectivity index (χ0v) is 19.0. The molecule has 0 bridgehead atoms. The number of ether oxygens (including phenoxy) is 1. The van der Waals surface area contributed by atoms with Crippen LogP contribution in [-0.2, 0) is 10.3 Å². The summed E-state index contributed by atoms with van der Waals surface area (Å²) in [4.78, 5) is 40.5. The Kier molecular flexibility index (Phi) is 5.01. The number of fused-ring (bicyclic) bond motifs is 2. The van der Waals surface area contributed by atoms with Crippen LogP contribution in [0.1, 0.15) is 33.7 Å². The highest BCUT2D eigenvalue weighted by molar-refractivity contribution is 6.30. The molecule has 1 fully saturated rings. The highest BCUT2D eigenvalue weighted by Crippen LogP contribution is 2.41. The van der Waals surface area contributed by atoms with Gasteiger partial charge in [0.1, 0.15) is 5.75 Å². The van der Waals surface area contributed by atoms with Gasteiger partial charge in [0.15, 0.2) is 11.3 Å². The Balaban J connectivity index is 1.44. The van der Waals surface area contributed by atoms with Crippen LogP contribution in [-0.4, -0.2) is 40.3 Å². The van der Waals surface area contributed by atoms with E-state index in [4.69, 9.17) is 16.3 Å². The number of hydrogen-bond donors (Lipinski definition) is 1. The third kappa shape index (κ3) is 3.31. The minimum atomic E-state index is -1.20. The molecule has 1 aromatic heterocycles. The number of Topliss-reactive ketones (excluding diaryl/α,β-unsaturated/α-hetero) is 1. The van der Waals surface area contributed by atoms with Crippen LogP contribution in [0.5, 0.6) is 5.75 Å². The molecule has 0 saturated carbocycles. The summed E-state index contributed by atoms with van der Waals surface area (Å²) in [5.74, 6) is -0.163. The average Bonchev–Trinajstić information content (AvgIpc) is 3.23. The number of para-hydroxylation sites is 1. The number of carbonyl (C=O) groups is 3. The number of amides is 3. The van der Waals surface area contributed by atoms with Crippen molar-refractivity contribution in [3.05, 3.63) is 82.1 Å². The van der Waals surface area contributed by atoms with Crippen molar-refractivity contribution in [2.45, 2.75) is 25.8 Å². The Labute approximate surface area is 195 Å². The van der Waals surface area contributed by atoms with E-state index in [2.05, 4.69) is 5.32 Å². The molecule has 0 radical (unpaired) electrons. The van der Waals surface area contributed by atoms with E-state index in [1.54, 1.807) is 36.4 Å². The van der Waals surface area contributed by atoms with E-state index in [-0.39, 0.29) is 12.3 Å². The van der Waals surface area contributed by atoms with E-state index < -0.39 is 17.5 Å². The third-order valence-electron chi connectivity index (χ3n) is 6.38. The fraction of sp³-hybridized carbons (Fsp3) is 0.240. The minimum absolute atomic E-state index is 0.299. The van der Waals surface area contributed by atoms with Crippen molar-refractivity contribution < 1.29 is 19.1 Å². The van der Waals surface area contributed by atoms with Crippen LogP contribution in [0.2, 0.25) is 5.02 Å². The van der Waals surface area contributed by atoms with Gasteiger partial charge in [-0.1, -0.05) is 29.8 Å². The number of nitrogens with zero attached hydrogens (tertiary/aromatic N) is 2. The first-order valence-electron chi connectivity index (χ1n) is 10.7. The predicted octanol–water partition coefficient (Wildman–Crippen LogP) is 4.16. The van der Waals surface area contributed by atoms with Gasteiger partial charge in [-0.25, -0.2) is 4.79 Å². The first kappa shape index (κ1) is 21.3. The highest BCUT2D eigenvalue weighted by atomic mass is 35.5. The summed E-state index contributed by atoms with van der Waals surface area (Å²) in [6.07, 6.45) is 0.310. The molecule has 1 unspecified atom stereocenters. The van der Waals surface area contributed by atoms with E-state index in [0.717, 1.165) is 22.0 Å². The van der Waals surface area contributed by atoms with Gasteiger partial charge < -0.3 is 14.6 Å². The molecule has 0 aliphatic carbocycles. The van der Waals surface area contributed by atoms with Gasteiger partial charge in [0, 0.05) is 39.6 Å². The van der Waals surface area contributed by atoms with Gasteiger partial charge in [0.25, 0.3) is 5.91 Å². The van der Waals surface area contributed by atoms with Crippen LogP contribution in [0.4, 0.5) is 4.79 Å². The van der Waals surface area contributed by atoms with E-state index in [9.17, 15) is 14.4 Å². The van der Waals surface area contributed by atoms with Gasteiger partial charge >= 0.3 is 6.03 Å². The topological polar surface area (TPSA) is 80.6 Å². The number of halogens is 1. The Bertz CT molecular complexity index is 1300. The maximum atomic E-state index is 13.4. The molecule has 1 saturated heterocycles. The Morgan fingerprint density at radius 2 is 1.85 bits per heavy atom. The number of aromatic nitrogens is 1. The number of benzene rings is 2. The Morgan fingerprint density at radius 1 is 1.12 bits per heavy atom. The van der Waals surface area contributed by atoms with Gasteiger partial charge in [-0.05, 0) is 50.2 Å². The summed E-state index contributed by atoms with van der Waals surface area (Å²) in [6, 6.07) is 15.7. The molecule has 3 aromatic rings. The number of ketones is 1. The summed E-state index contributed by atoms with van der Waals surface area (Å²) < 4.78 is 7.61. The molecule has 7 nitrogen and oxygen atoms in total. The van der Waals surface area contributed by atoms with Gasteiger partial charge in [-0.15, -0.1) is 0 Å². The Morgan fingerprint density at radius 3 is 2.61 bits per heavy atom. The maximum absolute atomic E-state index is 13.4. The van der Waals surface area contributed by atoms with E-state index in [0.29, 0.717) is 34.9 Å². The van der Waals surface area contributed by atoms with E-state index in [1.165, 1.54) is 0 Å². The number of urea groups is 1. The van der Waals surface area contributed by atoms with Crippen molar-refractivity contribution in [2.24, 2.45) is 0 Å². The summed E-state index contributed by atoms with van der Waals surface area (Å²) in [7, 11) is 0. The van der Waals surface area contributed by atoms with Gasteiger partial charge in [0.05, 0.1) is 13.2 Å². The van der Waals surface area contributed by atoms with Crippen molar-refractivity contribution in [3.8, 4) is 11.4 Å². The first-order chi connectivity index (χ1) is 15.8. The normalized spacial score (nSPS) is 19.4. The molecule has 2 aliphatic rings. The molecule has 1 atom stereocenters. The molecule has 1 spiro atoms. The van der Waals surface area contributed by atoms with E-state index in [1.807, 2.05) is 36.6 Å². The van der Waals surface area contributed by atoms with E-state index >= 15 is 0 Å². The highest BCUT2D eigenvalue weighted by Gasteiger charge is 2.55. The summed E-state index contributed by atoms with van der Waals surface area (Å²) in [5.41, 5.74) is 2.36. The third-order valence-corrected chi connectivity index (χ3v) is 6.63. The smallest absolute Gasteiger partial charge is 0.325 e. The monoisotopic (exact) mass is 463 g/mol. The van der Waals surface area contributed by atoms with Crippen molar-refractivity contribution in [1.29, 1.82) is 0 Å². The number of nitrogens with one attached hydrogen (secondary N) is 1. The molecule has 2 aromatic carbocycles. The van der Waals surface area contributed by atoms with Crippen LogP contribution >= 0.6 is 11.6 Å². The fourth-order valence-corrected chi connectivity index (χ4v) is 4.90. The van der Waals surface area contributed by atoms with Crippen LogP contribution in [0.15, 0.2) is 54.6 Å². The lowest BCUT2D eigenvalue weighted by Gasteiger charge is -2.33. The second kappa shape index (κ2) is 7.78. The Hall–Kier alpha value is -3.58. The number of imide groups is 1. The average molecular weight is 464 g/mol. The number of hydrogen-bond acceptors (Lipinski definition) is 4.